The molecule has 2 saturated heterocycles. The lowest BCUT2D eigenvalue weighted by atomic mass is 10.0. The third-order valence-corrected chi connectivity index (χ3v) is 5.12. The van der Waals surface area contributed by atoms with Gasteiger partial charge in [0.25, 0.3) is 0 Å². The molecule has 1 unspecified atom stereocenters. The minimum atomic E-state index is 0.216. The fourth-order valence-electron chi connectivity index (χ4n) is 3.99. The summed E-state index contributed by atoms with van der Waals surface area (Å²) in [6.07, 6.45) is 1.21. The molecule has 2 fully saturated rings. The van der Waals surface area contributed by atoms with E-state index in [1.807, 2.05) is 0 Å². The highest BCUT2D eigenvalue weighted by atomic mass is 16.5. The van der Waals surface area contributed by atoms with Crippen LogP contribution in [0.5, 0.6) is 0 Å². The van der Waals surface area contributed by atoms with Crippen LogP contribution >= 0.6 is 0 Å². The van der Waals surface area contributed by atoms with Gasteiger partial charge in [0.1, 0.15) is 0 Å². The summed E-state index contributed by atoms with van der Waals surface area (Å²) in [6, 6.07) is 2.72. The van der Waals surface area contributed by atoms with Crippen LogP contribution < -0.4 is 0 Å². The summed E-state index contributed by atoms with van der Waals surface area (Å²) >= 11 is 0. The van der Waals surface area contributed by atoms with Gasteiger partial charge in [-0.1, -0.05) is 0 Å². The van der Waals surface area contributed by atoms with E-state index < -0.39 is 0 Å². The maximum atomic E-state index is 5.49. The van der Waals surface area contributed by atoms with E-state index in [0.29, 0.717) is 6.04 Å². The number of rotatable bonds is 4. The zero-order valence-corrected chi connectivity index (χ0v) is 14.5. The molecular formula is C17H30N4O. The number of aryl methyl sites for hydroxylation is 2. The van der Waals surface area contributed by atoms with Crippen molar-refractivity contribution in [2.24, 2.45) is 0 Å². The fourth-order valence-corrected chi connectivity index (χ4v) is 3.99. The normalized spacial score (nSPS) is 25.0. The highest BCUT2D eigenvalue weighted by Gasteiger charge is 2.34. The number of nitrogens with zero attached hydrogens (tertiary/aromatic N) is 4. The smallest absolute Gasteiger partial charge is 0.0661 e. The molecule has 5 heteroatoms. The Hall–Kier alpha value is -0.910. The summed E-state index contributed by atoms with van der Waals surface area (Å²) in [7, 11) is 0. The van der Waals surface area contributed by atoms with E-state index in [4.69, 9.17) is 4.74 Å². The van der Waals surface area contributed by atoms with Gasteiger partial charge in [-0.05, 0) is 40.2 Å². The fraction of sp³-hybridized carbons (Fsp3) is 0.824. The van der Waals surface area contributed by atoms with Crippen LogP contribution in [0.1, 0.15) is 37.7 Å². The van der Waals surface area contributed by atoms with Crippen LogP contribution in [-0.4, -0.2) is 71.1 Å². The van der Waals surface area contributed by atoms with Crippen LogP contribution in [-0.2, 0) is 4.74 Å². The molecule has 0 radical (unpaired) electrons. The van der Waals surface area contributed by atoms with Crippen molar-refractivity contribution in [3.8, 4) is 0 Å². The molecule has 0 aliphatic carbocycles. The SMILES string of the molecule is Cc1cc(C)n(C2CCN(CC(C)(C)N3CCOCC3)C2)n1. The van der Waals surface area contributed by atoms with Crippen molar-refractivity contribution in [2.45, 2.75) is 45.7 Å². The summed E-state index contributed by atoms with van der Waals surface area (Å²) in [5, 5.41) is 4.68. The monoisotopic (exact) mass is 306 g/mol. The molecule has 124 valence electrons. The lowest BCUT2D eigenvalue weighted by Crippen LogP contribution is -2.55. The van der Waals surface area contributed by atoms with Gasteiger partial charge in [-0.2, -0.15) is 5.10 Å². The maximum absolute atomic E-state index is 5.49. The Morgan fingerprint density at radius 1 is 1.23 bits per heavy atom. The number of hydrogen-bond donors (Lipinski definition) is 0. The average Bonchev–Trinajstić information content (AvgIpc) is 3.05. The van der Waals surface area contributed by atoms with E-state index in [1.165, 1.54) is 18.7 Å². The van der Waals surface area contributed by atoms with Gasteiger partial charge in [-0.25, -0.2) is 0 Å². The first-order valence-electron chi connectivity index (χ1n) is 8.53. The molecule has 3 rings (SSSR count). The van der Waals surface area contributed by atoms with E-state index in [0.717, 1.165) is 45.1 Å². The number of morpholine rings is 1. The first-order valence-corrected chi connectivity index (χ1v) is 8.53. The molecule has 2 aliphatic rings. The molecule has 0 saturated carbocycles. The van der Waals surface area contributed by atoms with Crippen LogP contribution in [0.2, 0.25) is 0 Å². The standard InChI is InChI=1S/C17H30N4O/c1-14-11-15(2)21(18-14)16-5-6-19(12-16)13-17(3,4)20-7-9-22-10-8-20/h11,16H,5-10,12-13H2,1-4H3. The van der Waals surface area contributed by atoms with Gasteiger partial charge < -0.3 is 4.74 Å². The average molecular weight is 306 g/mol. The Kier molecular flexibility index (Phi) is 4.57. The molecule has 2 aliphatic heterocycles. The van der Waals surface area contributed by atoms with E-state index in [2.05, 4.69) is 53.3 Å². The van der Waals surface area contributed by atoms with E-state index in [-0.39, 0.29) is 5.54 Å². The zero-order valence-electron chi connectivity index (χ0n) is 14.5. The van der Waals surface area contributed by atoms with E-state index in [1.54, 1.807) is 0 Å². The van der Waals surface area contributed by atoms with Gasteiger partial charge in [0.15, 0.2) is 0 Å². The van der Waals surface area contributed by atoms with Crippen LogP contribution in [0, 0.1) is 13.8 Å². The Labute approximate surface area is 134 Å². The molecule has 0 amide bonds. The maximum Gasteiger partial charge on any atom is 0.0661 e. The second-order valence-electron chi connectivity index (χ2n) is 7.46. The molecule has 22 heavy (non-hydrogen) atoms. The molecule has 0 spiro atoms. The van der Waals surface area contributed by atoms with Crippen molar-refractivity contribution in [1.29, 1.82) is 0 Å². The lowest BCUT2D eigenvalue weighted by Gasteiger charge is -2.42. The van der Waals surface area contributed by atoms with Gasteiger partial charge >= 0.3 is 0 Å². The Bertz CT molecular complexity index is 505. The van der Waals surface area contributed by atoms with E-state index >= 15 is 0 Å². The van der Waals surface area contributed by atoms with Gasteiger partial charge in [0.2, 0.25) is 0 Å². The minimum Gasteiger partial charge on any atom is -0.379 e. The summed E-state index contributed by atoms with van der Waals surface area (Å²) in [5.41, 5.74) is 2.63. The molecule has 0 bridgehead atoms. The highest BCUT2D eigenvalue weighted by molar-refractivity contribution is 5.08. The van der Waals surface area contributed by atoms with Crippen molar-refractivity contribution in [3.63, 3.8) is 0 Å². The number of likely N-dealkylation sites (tertiary alicyclic amines) is 1. The summed E-state index contributed by atoms with van der Waals surface area (Å²) in [5.74, 6) is 0. The van der Waals surface area contributed by atoms with Gasteiger partial charge in [0.05, 0.1) is 24.9 Å². The Morgan fingerprint density at radius 3 is 2.59 bits per heavy atom. The second-order valence-corrected chi connectivity index (χ2v) is 7.46. The van der Waals surface area contributed by atoms with Crippen molar-refractivity contribution in [1.82, 2.24) is 19.6 Å². The predicted molar refractivity (Wildman–Crippen MR) is 88.3 cm³/mol. The van der Waals surface area contributed by atoms with Crippen LogP contribution in [0.3, 0.4) is 0 Å². The number of hydrogen-bond acceptors (Lipinski definition) is 4. The van der Waals surface area contributed by atoms with Crippen LogP contribution in [0.15, 0.2) is 6.07 Å². The molecule has 1 atom stereocenters. The lowest BCUT2D eigenvalue weighted by molar-refractivity contribution is -0.0198. The van der Waals surface area contributed by atoms with Crippen molar-refractivity contribution < 1.29 is 4.74 Å². The third kappa shape index (κ3) is 3.36. The molecule has 0 aromatic carbocycles. The molecule has 3 heterocycles. The molecule has 5 nitrogen and oxygen atoms in total. The Morgan fingerprint density at radius 2 is 1.95 bits per heavy atom. The zero-order chi connectivity index (χ0) is 15.7. The number of aromatic nitrogens is 2. The molecule has 1 aromatic rings. The van der Waals surface area contributed by atoms with Gasteiger partial charge in [-0.3, -0.25) is 14.5 Å². The summed E-state index contributed by atoms with van der Waals surface area (Å²) in [6.45, 7) is 16.3. The molecule has 1 aromatic heterocycles. The first kappa shape index (κ1) is 16.0. The quantitative estimate of drug-likeness (QED) is 0.850. The molecular weight excluding hydrogens is 276 g/mol. The highest BCUT2D eigenvalue weighted by Crippen LogP contribution is 2.26. The van der Waals surface area contributed by atoms with Crippen molar-refractivity contribution in [3.05, 3.63) is 17.5 Å². The first-order chi connectivity index (χ1) is 10.5. The summed E-state index contributed by atoms with van der Waals surface area (Å²) < 4.78 is 7.72. The third-order valence-electron chi connectivity index (χ3n) is 5.12. The van der Waals surface area contributed by atoms with Gasteiger partial charge in [-0.15, -0.1) is 0 Å². The van der Waals surface area contributed by atoms with Gasteiger partial charge in [0, 0.05) is 44.0 Å². The topological polar surface area (TPSA) is 33.5 Å². The van der Waals surface area contributed by atoms with Crippen LogP contribution in [0.4, 0.5) is 0 Å². The van der Waals surface area contributed by atoms with E-state index in [9.17, 15) is 0 Å². The molecule has 0 N–H and O–H groups in total. The van der Waals surface area contributed by atoms with Crippen molar-refractivity contribution in [2.75, 3.05) is 45.9 Å². The largest absolute Gasteiger partial charge is 0.379 e. The second kappa shape index (κ2) is 6.30. The summed E-state index contributed by atoms with van der Waals surface area (Å²) in [4.78, 5) is 5.18. The minimum absolute atomic E-state index is 0.216. The number of ether oxygens (including phenoxy) is 1. The predicted octanol–water partition coefficient (Wildman–Crippen LogP) is 1.86. The van der Waals surface area contributed by atoms with Crippen molar-refractivity contribution >= 4 is 0 Å². The Balaban J connectivity index is 1.59. The van der Waals surface area contributed by atoms with Crippen LogP contribution in [0.25, 0.3) is 0 Å².